The van der Waals surface area contributed by atoms with Gasteiger partial charge in [0.2, 0.25) is 0 Å². The highest BCUT2D eigenvalue weighted by molar-refractivity contribution is 6.31. The number of hydrogen-bond donors (Lipinski definition) is 1. The fourth-order valence-electron chi connectivity index (χ4n) is 1.92. The van der Waals surface area contributed by atoms with Crippen molar-refractivity contribution in [1.29, 1.82) is 0 Å². The lowest BCUT2D eigenvalue weighted by molar-refractivity contribution is -0.142. The molecule has 1 atom stereocenters. The topological polar surface area (TPSA) is 55.8 Å². The Morgan fingerprint density at radius 3 is 2.70 bits per heavy atom. The summed E-state index contributed by atoms with van der Waals surface area (Å²) in [5.74, 6) is -1.22. The molecule has 0 saturated heterocycles. The summed E-state index contributed by atoms with van der Waals surface area (Å²) in [6.45, 7) is 1.65. The Labute approximate surface area is 124 Å². The van der Waals surface area contributed by atoms with E-state index in [0.29, 0.717) is 44.1 Å². The van der Waals surface area contributed by atoms with Crippen LogP contribution < -0.4 is 0 Å². The minimum absolute atomic E-state index is 0.430. The second-order valence-corrected chi connectivity index (χ2v) is 4.99. The SMILES string of the molecule is COCCOCCCC(Cc1ccccc1Cl)C(=O)O. The number of halogens is 1. The summed E-state index contributed by atoms with van der Waals surface area (Å²) in [6, 6.07) is 7.36. The summed E-state index contributed by atoms with van der Waals surface area (Å²) >= 11 is 6.06. The van der Waals surface area contributed by atoms with Crippen molar-refractivity contribution in [3.8, 4) is 0 Å². The summed E-state index contributed by atoms with van der Waals surface area (Å²) < 4.78 is 10.2. The van der Waals surface area contributed by atoms with Crippen molar-refractivity contribution in [2.45, 2.75) is 19.3 Å². The first kappa shape index (κ1) is 17.0. The first-order chi connectivity index (χ1) is 9.65. The molecule has 0 aliphatic heterocycles. The van der Waals surface area contributed by atoms with Crippen molar-refractivity contribution < 1.29 is 19.4 Å². The highest BCUT2D eigenvalue weighted by atomic mass is 35.5. The van der Waals surface area contributed by atoms with E-state index >= 15 is 0 Å². The van der Waals surface area contributed by atoms with E-state index < -0.39 is 11.9 Å². The van der Waals surface area contributed by atoms with E-state index in [1.807, 2.05) is 18.2 Å². The maximum absolute atomic E-state index is 11.3. The Balaban J connectivity index is 2.38. The molecule has 0 spiro atoms. The average molecular weight is 301 g/mol. The van der Waals surface area contributed by atoms with Crippen molar-refractivity contribution in [1.82, 2.24) is 0 Å². The minimum Gasteiger partial charge on any atom is -0.481 e. The number of carboxylic acids is 1. The molecule has 0 aliphatic carbocycles. The van der Waals surface area contributed by atoms with E-state index in [0.717, 1.165) is 5.56 Å². The monoisotopic (exact) mass is 300 g/mol. The van der Waals surface area contributed by atoms with Gasteiger partial charge in [-0.1, -0.05) is 29.8 Å². The number of aliphatic carboxylic acids is 1. The van der Waals surface area contributed by atoms with Crippen LogP contribution in [-0.2, 0) is 20.7 Å². The van der Waals surface area contributed by atoms with Gasteiger partial charge in [0.15, 0.2) is 0 Å². The largest absolute Gasteiger partial charge is 0.481 e. The molecule has 20 heavy (non-hydrogen) atoms. The number of hydrogen-bond acceptors (Lipinski definition) is 3. The third kappa shape index (κ3) is 6.37. The molecule has 5 heteroatoms. The summed E-state index contributed by atoms with van der Waals surface area (Å²) in [4.78, 5) is 11.3. The van der Waals surface area contributed by atoms with Crippen LogP contribution in [0.15, 0.2) is 24.3 Å². The molecular weight excluding hydrogens is 280 g/mol. The number of ether oxygens (including phenoxy) is 2. The number of carboxylic acid groups (broad SMARTS) is 1. The molecule has 1 aromatic carbocycles. The summed E-state index contributed by atoms with van der Waals surface area (Å²) in [6.07, 6.45) is 1.74. The van der Waals surface area contributed by atoms with Crippen molar-refractivity contribution in [2.24, 2.45) is 5.92 Å². The lowest BCUT2D eigenvalue weighted by Gasteiger charge is -2.13. The Kier molecular flexibility index (Phi) is 8.26. The van der Waals surface area contributed by atoms with E-state index in [1.54, 1.807) is 13.2 Å². The van der Waals surface area contributed by atoms with Gasteiger partial charge in [-0.15, -0.1) is 0 Å². The van der Waals surface area contributed by atoms with Gasteiger partial charge in [-0.2, -0.15) is 0 Å². The Hall–Kier alpha value is -1.10. The zero-order valence-corrected chi connectivity index (χ0v) is 12.4. The fraction of sp³-hybridized carbons (Fsp3) is 0.533. The third-order valence-electron chi connectivity index (χ3n) is 3.05. The number of rotatable bonds is 10. The Morgan fingerprint density at radius 1 is 1.30 bits per heavy atom. The zero-order chi connectivity index (χ0) is 14.8. The second-order valence-electron chi connectivity index (χ2n) is 4.58. The molecule has 0 bridgehead atoms. The van der Waals surface area contributed by atoms with Crippen LogP contribution in [0.2, 0.25) is 5.02 Å². The smallest absolute Gasteiger partial charge is 0.306 e. The molecule has 0 aromatic heterocycles. The first-order valence-corrected chi connectivity index (χ1v) is 7.06. The molecule has 0 fully saturated rings. The average Bonchev–Trinajstić information content (AvgIpc) is 2.43. The molecule has 1 rings (SSSR count). The van der Waals surface area contributed by atoms with Gasteiger partial charge in [0.1, 0.15) is 0 Å². The van der Waals surface area contributed by atoms with Crippen LogP contribution in [0.25, 0.3) is 0 Å². The van der Waals surface area contributed by atoms with Gasteiger partial charge in [-0.25, -0.2) is 0 Å². The van der Waals surface area contributed by atoms with Crippen molar-refractivity contribution >= 4 is 17.6 Å². The second kappa shape index (κ2) is 9.75. The summed E-state index contributed by atoms with van der Waals surface area (Å²) in [5.41, 5.74) is 0.877. The van der Waals surface area contributed by atoms with Gasteiger partial charge < -0.3 is 14.6 Å². The number of methoxy groups -OCH3 is 1. The van der Waals surface area contributed by atoms with E-state index in [1.165, 1.54) is 0 Å². The normalized spacial score (nSPS) is 12.3. The number of benzene rings is 1. The van der Waals surface area contributed by atoms with Crippen molar-refractivity contribution in [2.75, 3.05) is 26.9 Å². The van der Waals surface area contributed by atoms with Crippen molar-refractivity contribution in [3.63, 3.8) is 0 Å². The van der Waals surface area contributed by atoms with Gasteiger partial charge in [0.05, 0.1) is 19.1 Å². The highest BCUT2D eigenvalue weighted by Crippen LogP contribution is 2.21. The molecular formula is C15H21ClO4. The van der Waals surface area contributed by atoms with E-state index in [4.69, 9.17) is 21.1 Å². The lowest BCUT2D eigenvalue weighted by Crippen LogP contribution is -2.17. The number of carbonyl (C=O) groups is 1. The third-order valence-corrected chi connectivity index (χ3v) is 3.42. The Morgan fingerprint density at radius 2 is 2.05 bits per heavy atom. The molecule has 0 heterocycles. The molecule has 0 saturated carbocycles. The molecule has 1 aromatic rings. The molecule has 0 aliphatic rings. The molecule has 0 radical (unpaired) electrons. The van der Waals surface area contributed by atoms with Crippen LogP contribution in [0.5, 0.6) is 0 Å². The summed E-state index contributed by atoms with van der Waals surface area (Å²) in [5, 5.41) is 9.88. The van der Waals surface area contributed by atoms with Crippen LogP contribution in [0.1, 0.15) is 18.4 Å². The molecule has 0 amide bonds. The fourth-order valence-corrected chi connectivity index (χ4v) is 2.13. The van der Waals surface area contributed by atoms with E-state index in [-0.39, 0.29) is 0 Å². The zero-order valence-electron chi connectivity index (χ0n) is 11.7. The van der Waals surface area contributed by atoms with E-state index in [9.17, 15) is 9.90 Å². The lowest BCUT2D eigenvalue weighted by atomic mass is 9.95. The predicted molar refractivity (Wildman–Crippen MR) is 78.2 cm³/mol. The van der Waals surface area contributed by atoms with Gasteiger partial charge in [0, 0.05) is 18.7 Å². The maximum atomic E-state index is 11.3. The van der Waals surface area contributed by atoms with Gasteiger partial charge >= 0.3 is 5.97 Å². The van der Waals surface area contributed by atoms with Crippen LogP contribution in [0.3, 0.4) is 0 Å². The van der Waals surface area contributed by atoms with Crippen LogP contribution >= 0.6 is 11.6 Å². The summed E-state index contributed by atoms with van der Waals surface area (Å²) in [7, 11) is 1.62. The maximum Gasteiger partial charge on any atom is 0.306 e. The molecule has 112 valence electrons. The molecule has 4 nitrogen and oxygen atoms in total. The predicted octanol–water partition coefficient (Wildman–Crippen LogP) is 3.03. The van der Waals surface area contributed by atoms with Gasteiger partial charge in [-0.3, -0.25) is 4.79 Å². The minimum atomic E-state index is -0.790. The van der Waals surface area contributed by atoms with Crippen molar-refractivity contribution in [3.05, 3.63) is 34.9 Å². The van der Waals surface area contributed by atoms with E-state index in [2.05, 4.69) is 0 Å². The van der Waals surface area contributed by atoms with Crippen LogP contribution in [-0.4, -0.2) is 38.0 Å². The molecule has 1 N–H and O–H groups in total. The van der Waals surface area contributed by atoms with Gasteiger partial charge in [-0.05, 0) is 30.9 Å². The quantitative estimate of drug-likeness (QED) is 0.675. The van der Waals surface area contributed by atoms with Crippen LogP contribution in [0.4, 0.5) is 0 Å². The molecule has 1 unspecified atom stereocenters. The first-order valence-electron chi connectivity index (χ1n) is 6.68. The Bertz CT molecular complexity index is 409. The standard InChI is InChI=1S/C15H21ClO4/c1-19-9-10-20-8-4-6-13(15(17)18)11-12-5-2-3-7-14(12)16/h2-3,5,7,13H,4,6,8-11H2,1H3,(H,17,18). The van der Waals surface area contributed by atoms with Crippen LogP contribution in [0, 0.1) is 5.92 Å². The van der Waals surface area contributed by atoms with Gasteiger partial charge in [0.25, 0.3) is 0 Å². The highest BCUT2D eigenvalue weighted by Gasteiger charge is 2.18.